The van der Waals surface area contributed by atoms with E-state index < -0.39 is 17.8 Å². The minimum absolute atomic E-state index is 0.0519. The maximum atomic E-state index is 12.7. The Bertz CT molecular complexity index is 893. The molecule has 0 atom stereocenters. The molecular weight excluding hydrogens is 319 g/mol. The molecule has 0 spiro atoms. The van der Waals surface area contributed by atoms with Gasteiger partial charge in [0.15, 0.2) is 0 Å². The van der Waals surface area contributed by atoms with E-state index in [9.17, 15) is 18.0 Å². The van der Waals surface area contributed by atoms with Crippen LogP contribution in [-0.2, 0) is 6.18 Å². The van der Waals surface area contributed by atoms with Crippen LogP contribution in [0.3, 0.4) is 0 Å². The first-order valence-electron chi connectivity index (χ1n) is 7.02. The largest absolute Gasteiger partial charge is 0.416 e. The van der Waals surface area contributed by atoms with E-state index in [0.717, 1.165) is 23.0 Å². The Hall–Kier alpha value is -3.09. The molecule has 4 nitrogen and oxygen atoms in total. The number of fused-ring (bicyclic) bond motifs is 1. The molecule has 0 aliphatic rings. The van der Waals surface area contributed by atoms with Crippen molar-refractivity contribution in [1.29, 1.82) is 0 Å². The zero-order chi connectivity index (χ0) is 17.2. The second-order valence-electron chi connectivity index (χ2n) is 5.07. The van der Waals surface area contributed by atoms with Gasteiger partial charge in [0, 0.05) is 11.1 Å². The summed E-state index contributed by atoms with van der Waals surface area (Å²) >= 11 is 0. The van der Waals surface area contributed by atoms with Crippen LogP contribution in [0.2, 0.25) is 0 Å². The molecule has 0 saturated heterocycles. The second-order valence-corrected chi connectivity index (χ2v) is 5.07. The number of benzene rings is 2. The van der Waals surface area contributed by atoms with Gasteiger partial charge in [-0.2, -0.15) is 13.2 Å². The quantitative estimate of drug-likeness (QED) is 0.702. The van der Waals surface area contributed by atoms with Crippen molar-refractivity contribution in [2.75, 3.05) is 10.6 Å². The molecule has 2 N–H and O–H groups in total. The molecule has 3 rings (SSSR count). The lowest BCUT2D eigenvalue weighted by Gasteiger charge is -2.11. The average molecular weight is 331 g/mol. The van der Waals surface area contributed by atoms with Crippen molar-refractivity contribution in [3.8, 4) is 0 Å². The van der Waals surface area contributed by atoms with Crippen molar-refractivity contribution in [2.24, 2.45) is 0 Å². The van der Waals surface area contributed by atoms with Crippen LogP contribution < -0.4 is 10.6 Å². The summed E-state index contributed by atoms with van der Waals surface area (Å²) in [6.07, 6.45) is -2.98. The fourth-order valence-electron chi connectivity index (χ4n) is 2.21. The molecule has 0 saturated carbocycles. The zero-order valence-corrected chi connectivity index (χ0v) is 12.3. The topological polar surface area (TPSA) is 54.0 Å². The highest BCUT2D eigenvalue weighted by atomic mass is 19.4. The van der Waals surface area contributed by atoms with Crippen molar-refractivity contribution in [2.45, 2.75) is 6.18 Å². The van der Waals surface area contributed by atoms with Crippen LogP contribution in [0.5, 0.6) is 0 Å². The molecule has 0 fully saturated rings. The van der Waals surface area contributed by atoms with Gasteiger partial charge in [0.2, 0.25) is 0 Å². The summed E-state index contributed by atoms with van der Waals surface area (Å²) in [6.45, 7) is 0. The Labute approximate surface area is 135 Å². The summed E-state index contributed by atoms with van der Waals surface area (Å²) in [5.74, 6) is 0. The van der Waals surface area contributed by atoms with Crippen molar-refractivity contribution in [1.82, 2.24) is 4.98 Å². The molecule has 0 radical (unpaired) electrons. The molecule has 0 aliphatic heterocycles. The molecule has 2 aromatic carbocycles. The number of alkyl halides is 3. The van der Waals surface area contributed by atoms with Crippen LogP contribution in [0, 0.1) is 0 Å². The number of pyridine rings is 1. The maximum Gasteiger partial charge on any atom is 0.416 e. The van der Waals surface area contributed by atoms with E-state index in [1.54, 1.807) is 6.07 Å². The highest BCUT2D eigenvalue weighted by molar-refractivity contribution is 6.00. The zero-order valence-electron chi connectivity index (χ0n) is 12.3. The molecule has 7 heteroatoms. The van der Waals surface area contributed by atoms with E-state index in [-0.39, 0.29) is 5.69 Å². The fraction of sp³-hybridized carbons (Fsp3) is 0.0588. The number of halogens is 3. The number of carbonyl (C=O) groups excluding carboxylic acids is 1. The van der Waals surface area contributed by atoms with Crippen LogP contribution in [0.15, 0.2) is 60.8 Å². The minimum Gasteiger partial charge on any atom is -0.308 e. The summed E-state index contributed by atoms with van der Waals surface area (Å²) < 4.78 is 38.0. The Morgan fingerprint density at radius 2 is 1.67 bits per heavy atom. The Morgan fingerprint density at radius 1 is 0.917 bits per heavy atom. The summed E-state index contributed by atoms with van der Waals surface area (Å²) in [6, 6.07) is 12.9. The van der Waals surface area contributed by atoms with Gasteiger partial charge in [-0.15, -0.1) is 0 Å². The average Bonchev–Trinajstić information content (AvgIpc) is 2.54. The number of para-hydroxylation sites is 1. The number of anilines is 2. The van der Waals surface area contributed by atoms with Crippen molar-refractivity contribution in [3.05, 3.63) is 66.4 Å². The number of aromatic nitrogens is 1. The van der Waals surface area contributed by atoms with Gasteiger partial charge < -0.3 is 10.6 Å². The van der Waals surface area contributed by atoms with E-state index in [1.165, 1.54) is 18.3 Å². The lowest BCUT2D eigenvalue weighted by atomic mass is 10.2. The highest BCUT2D eigenvalue weighted by Crippen LogP contribution is 2.30. The maximum absolute atomic E-state index is 12.7. The third-order valence-corrected chi connectivity index (χ3v) is 3.30. The van der Waals surface area contributed by atoms with E-state index in [2.05, 4.69) is 15.6 Å². The van der Waals surface area contributed by atoms with Gasteiger partial charge in [0.05, 0.1) is 23.0 Å². The SMILES string of the molecule is O=C(Nc1cccc(C(F)(F)F)c1)Nc1cnc2ccccc2c1. The van der Waals surface area contributed by atoms with Crippen LogP contribution in [0.1, 0.15) is 5.56 Å². The molecule has 0 unspecified atom stereocenters. The molecule has 1 heterocycles. The van der Waals surface area contributed by atoms with E-state index in [1.807, 2.05) is 24.3 Å². The molecule has 3 aromatic rings. The number of nitrogens with one attached hydrogen (secondary N) is 2. The van der Waals surface area contributed by atoms with Crippen molar-refractivity contribution < 1.29 is 18.0 Å². The Morgan fingerprint density at radius 3 is 2.46 bits per heavy atom. The van der Waals surface area contributed by atoms with Gasteiger partial charge in [-0.05, 0) is 30.3 Å². The van der Waals surface area contributed by atoms with Gasteiger partial charge in [0.25, 0.3) is 0 Å². The predicted octanol–water partition coefficient (Wildman–Crippen LogP) is 4.90. The van der Waals surface area contributed by atoms with Gasteiger partial charge >= 0.3 is 12.2 Å². The van der Waals surface area contributed by atoms with Gasteiger partial charge in [-0.3, -0.25) is 4.98 Å². The fourth-order valence-corrected chi connectivity index (χ4v) is 2.21. The van der Waals surface area contributed by atoms with Crippen LogP contribution in [0.25, 0.3) is 10.9 Å². The lowest BCUT2D eigenvalue weighted by molar-refractivity contribution is -0.137. The third kappa shape index (κ3) is 3.62. The number of urea groups is 1. The molecule has 2 amide bonds. The molecule has 1 aromatic heterocycles. The van der Waals surface area contributed by atoms with Crippen molar-refractivity contribution >= 4 is 28.3 Å². The first-order chi connectivity index (χ1) is 11.4. The molecule has 122 valence electrons. The normalized spacial score (nSPS) is 11.3. The number of rotatable bonds is 2. The Kier molecular flexibility index (Phi) is 4.07. The van der Waals surface area contributed by atoms with Gasteiger partial charge in [0.1, 0.15) is 0 Å². The van der Waals surface area contributed by atoms with Gasteiger partial charge in [-0.25, -0.2) is 4.79 Å². The monoisotopic (exact) mass is 331 g/mol. The van der Waals surface area contributed by atoms with Crippen molar-refractivity contribution in [3.63, 3.8) is 0 Å². The number of hydrogen-bond donors (Lipinski definition) is 2. The smallest absolute Gasteiger partial charge is 0.308 e. The van der Waals surface area contributed by atoms with Crippen LogP contribution in [0.4, 0.5) is 29.3 Å². The standard InChI is InChI=1S/C17H12F3N3O/c18-17(19,20)12-5-3-6-13(9-12)22-16(24)23-14-8-11-4-1-2-7-15(11)21-10-14/h1-10H,(H2,22,23,24). The van der Waals surface area contributed by atoms with E-state index in [0.29, 0.717) is 5.69 Å². The second kappa shape index (κ2) is 6.19. The number of nitrogens with zero attached hydrogens (tertiary/aromatic N) is 1. The highest BCUT2D eigenvalue weighted by Gasteiger charge is 2.30. The minimum atomic E-state index is -4.46. The Balaban J connectivity index is 1.73. The lowest BCUT2D eigenvalue weighted by Crippen LogP contribution is -2.20. The first-order valence-corrected chi connectivity index (χ1v) is 7.02. The summed E-state index contributed by atoms with van der Waals surface area (Å²) in [5, 5.41) is 5.76. The number of hydrogen-bond acceptors (Lipinski definition) is 2. The molecular formula is C17H12F3N3O. The summed E-state index contributed by atoms with van der Waals surface area (Å²) in [7, 11) is 0. The summed E-state index contributed by atoms with van der Waals surface area (Å²) in [4.78, 5) is 16.1. The summed E-state index contributed by atoms with van der Waals surface area (Å²) in [5.41, 5.74) is 0.447. The van der Waals surface area contributed by atoms with E-state index >= 15 is 0 Å². The van der Waals surface area contributed by atoms with Crippen LogP contribution >= 0.6 is 0 Å². The third-order valence-electron chi connectivity index (χ3n) is 3.30. The molecule has 0 bridgehead atoms. The number of carbonyl (C=O) groups is 1. The molecule has 0 aliphatic carbocycles. The van der Waals surface area contributed by atoms with Crippen LogP contribution in [-0.4, -0.2) is 11.0 Å². The first kappa shape index (κ1) is 15.8. The predicted molar refractivity (Wildman–Crippen MR) is 85.8 cm³/mol. The molecule has 24 heavy (non-hydrogen) atoms. The number of amides is 2. The van der Waals surface area contributed by atoms with Gasteiger partial charge in [-0.1, -0.05) is 24.3 Å². The van der Waals surface area contributed by atoms with E-state index in [4.69, 9.17) is 0 Å².